The van der Waals surface area contributed by atoms with E-state index >= 15 is 33.7 Å². The summed E-state index contributed by atoms with van der Waals surface area (Å²) in [5, 5.41) is 4.32. The summed E-state index contributed by atoms with van der Waals surface area (Å²) < 4.78 is 196. The van der Waals surface area contributed by atoms with Gasteiger partial charge in [-0.05, 0) is 171 Å². The lowest BCUT2D eigenvalue weighted by Crippen LogP contribution is -2.33. The lowest BCUT2D eigenvalue weighted by Gasteiger charge is -2.32. The maximum atomic E-state index is 16.7. The lowest BCUT2D eigenvalue weighted by atomic mass is 9.94. The van der Waals surface area contributed by atoms with Gasteiger partial charge >= 0.3 is 0 Å². The maximum absolute atomic E-state index is 16.7. The SMILES string of the molecule is CCCOc1c(OCCC)c2c3ccccc3c1CN(S(=O)(=O)c1ccc(C)cc1)Cc1c(OCCC)c(OCCC)c(c3ccccc13)CN(S(=O)(=O)c1ccc(C)cc1)Cc1c(OCCC)c(OCCC)c(c3ccccc13)CN(S(=O)(=O)c1ccc(C)cc1)Cc1c(OCCC)c(OCCC)c(c3ccccc13)CN(S(=O)(=O)c1ccc(C)cc1)C2. The Labute approximate surface area is 733 Å². The molecule has 0 unspecified atom stereocenters. The van der Waals surface area contributed by atoms with Gasteiger partial charge in [-0.3, -0.25) is 0 Å². The molecule has 0 aromatic heterocycles. The third kappa shape index (κ3) is 19.4. The zero-order valence-corrected chi connectivity index (χ0v) is 76.7. The highest BCUT2D eigenvalue weighted by atomic mass is 32.2. The van der Waals surface area contributed by atoms with Gasteiger partial charge in [0.1, 0.15) is 0 Å². The van der Waals surface area contributed by atoms with Crippen molar-refractivity contribution < 1.29 is 71.6 Å². The molecule has 8 bridgehead atoms. The van der Waals surface area contributed by atoms with Gasteiger partial charge < -0.3 is 37.9 Å². The van der Waals surface area contributed by atoms with Gasteiger partial charge in [0.15, 0.2) is 46.0 Å². The van der Waals surface area contributed by atoms with Crippen molar-refractivity contribution in [2.45, 2.75) is 206 Å². The van der Waals surface area contributed by atoms with E-state index in [-0.39, 0.29) is 171 Å². The summed E-state index contributed by atoms with van der Waals surface area (Å²) in [4.78, 5) is -0.00516. The van der Waals surface area contributed by atoms with E-state index < -0.39 is 40.1 Å². The second-order valence-corrected chi connectivity index (χ2v) is 39.5. The highest BCUT2D eigenvalue weighted by Gasteiger charge is 2.40. The predicted octanol–water partition coefficient (Wildman–Crippen LogP) is 21.7. The van der Waals surface area contributed by atoms with E-state index in [0.29, 0.717) is 139 Å². The Bertz CT molecular complexity index is 5280. The molecule has 656 valence electrons. The maximum Gasteiger partial charge on any atom is 0.243 e. The van der Waals surface area contributed by atoms with Gasteiger partial charge in [-0.25, -0.2) is 33.7 Å². The Morgan fingerprint density at radius 2 is 0.323 bits per heavy atom. The first-order valence-electron chi connectivity index (χ1n) is 43.4. The molecule has 0 N–H and O–H groups in total. The minimum Gasteiger partial charge on any atom is -0.489 e. The number of hydrogen-bond acceptors (Lipinski definition) is 16. The van der Waals surface area contributed by atoms with Crippen molar-refractivity contribution in [3.63, 3.8) is 0 Å². The summed E-state index contributed by atoms with van der Waals surface area (Å²) in [6.45, 7) is 21.5. The van der Waals surface area contributed by atoms with Crippen molar-refractivity contribution >= 4 is 83.2 Å². The van der Waals surface area contributed by atoms with Crippen LogP contribution < -0.4 is 37.9 Å². The Morgan fingerprint density at radius 3 is 0.435 bits per heavy atom. The molecule has 2 aliphatic heterocycles. The van der Waals surface area contributed by atoms with Crippen LogP contribution in [0.1, 0.15) is 174 Å². The Balaban J connectivity index is 1.21. The van der Waals surface area contributed by atoms with E-state index in [0.717, 1.165) is 22.3 Å². The Hall–Kier alpha value is -10.3. The van der Waals surface area contributed by atoms with E-state index in [2.05, 4.69) is 0 Å². The second-order valence-electron chi connectivity index (χ2n) is 31.8. The predicted molar refractivity (Wildman–Crippen MR) is 493 cm³/mol. The zero-order valence-electron chi connectivity index (χ0n) is 73.4. The third-order valence-corrected chi connectivity index (χ3v) is 29.5. The number of hydrogen-bond donors (Lipinski definition) is 0. The molecular weight excluding hydrogens is 1640 g/mol. The van der Waals surface area contributed by atoms with Gasteiger partial charge in [0.25, 0.3) is 0 Å². The molecule has 0 saturated heterocycles. The first-order chi connectivity index (χ1) is 59.9. The topological polar surface area (TPSA) is 223 Å². The molecule has 0 amide bonds. The molecule has 0 spiro atoms. The van der Waals surface area contributed by atoms with Crippen LogP contribution in [-0.2, 0) is 92.5 Å². The van der Waals surface area contributed by atoms with Crippen LogP contribution in [-0.4, -0.2) is 104 Å². The molecular formula is C100H116N4O16S4. The fourth-order valence-corrected chi connectivity index (χ4v) is 21.5. The molecule has 124 heavy (non-hydrogen) atoms. The summed E-state index contributed by atoms with van der Waals surface area (Å²) in [6, 6.07) is 57.0. The molecule has 24 heteroatoms. The highest BCUT2D eigenvalue weighted by molar-refractivity contribution is 7.90. The highest BCUT2D eigenvalue weighted by Crippen LogP contribution is 2.52. The standard InChI is InChI=1S/C100H116N4O16S4/c1-13-53-113-93-85-61-101(121(105,106)73-45-37-69(9)38-46-73)63-87-79-31-23-24-32-80(79)89(97(117-57-17-5)95(87)115-55-15-3)65-103(123(109,110)75-49-41-71(11)42-50-75)67-91-83-35-27-28-36-84(83)92(100(120-60-20-8)99(91)119-59-19-7)68-104(124(111,112)76-51-43-72(12)44-52-76)66-90-82-34-26-25-33-81(82)88(96(116-56-16-4)98(90)118-58-18-6)64-102(122(107,108)74-47-39-70(10)40-48-74)62-86(94(93)114-54-14-2)78-30-22-21-29-77(78)85/h21-52H,13-20,53-68H2,1-12H3. The average Bonchev–Trinajstić information content (AvgIpc) is 0.739. The van der Waals surface area contributed by atoms with Crippen molar-refractivity contribution in [2.75, 3.05) is 52.9 Å². The van der Waals surface area contributed by atoms with Crippen molar-refractivity contribution in [1.82, 2.24) is 17.2 Å². The van der Waals surface area contributed by atoms with Crippen LogP contribution in [0.25, 0.3) is 43.1 Å². The van der Waals surface area contributed by atoms with Crippen LogP contribution >= 0.6 is 0 Å². The number of benzene rings is 12. The Kier molecular flexibility index (Phi) is 30.1. The van der Waals surface area contributed by atoms with E-state index in [1.165, 1.54) is 17.2 Å². The molecule has 12 aromatic rings. The van der Waals surface area contributed by atoms with E-state index in [9.17, 15) is 0 Å². The summed E-state index contributed by atoms with van der Waals surface area (Å²) in [5.74, 6) is 1.63. The number of fused-ring (bicyclic) bond motifs is 12. The molecule has 2 aliphatic rings. The first kappa shape index (κ1) is 91.4. The third-order valence-electron chi connectivity index (χ3n) is 22.2. The largest absolute Gasteiger partial charge is 0.489 e. The van der Waals surface area contributed by atoms with Crippen molar-refractivity contribution in [1.29, 1.82) is 0 Å². The van der Waals surface area contributed by atoms with Crippen LogP contribution in [0.4, 0.5) is 0 Å². The molecule has 0 radical (unpaired) electrons. The van der Waals surface area contributed by atoms with Crippen LogP contribution in [0.3, 0.4) is 0 Å². The zero-order chi connectivity index (χ0) is 88.0. The van der Waals surface area contributed by atoms with Gasteiger partial charge in [-0.2, -0.15) is 17.2 Å². The summed E-state index contributed by atoms with van der Waals surface area (Å²) >= 11 is 0. The van der Waals surface area contributed by atoms with E-state index in [4.69, 9.17) is 37.9 Å². The number of nitrogens with zero attached hydrogens (tertiary/aromatic N) is 4. The molecule has 14 rings (SSSR count). The van der Waals surface area contributed by atoms with Crippen LogP contribution in [0.15, 0.2) is 214 Å². The molecule has 0 fully saturated rings. The van der Waals surface area contributed by atoms with Crippen molar-refractivity contribution in [3.8, 4) is 46.0 Å². The van der Waals surface area contributed by atoms with Gasteiger partial charge in [-0.15, -0.1) is 0 Å². The first-order valence-corrected chi connectivity index (χ1v) is 49.2. The molecule has 0 atom stereocenters. The Morgan fingerprint density at radius 1 is 0.202 bits per heavy atom. The molecule has 12 aromatic carbocycles. The van der Waals surface area contributed by atoms with Crippen LogP contribution in [0.2, 0.25) is 0 Å². The number of aryl methyl sites for hydroxylation is 4. The summed E-state index contributed by atoms with van der Waals surface area (Å²) in [7, 11) is -18.5. The fourth-order valence-electron chi connectivity index (χ4n) is 16.0. The van der Waals surface area contributed by atoms with Crippen molar-refractivity contribution in [3.05, 3.63) is 261 Å². The van der Waals surface area contributed by atoms with Gasteiger partial charge in [0.05, 0.1) is 72.4 Å². The smallest absolute Gasteiger partial charge is 0.243 e. The molecule has 0 saturated carbocycles. The fraction of sp³-hybridized carbons (Fsp3) is 0.360. The number of sulfonamides is 4. The van der Waals surface area contributed by atoms with Gasteiger partial charge in [0, 0.05) is 96.9 Å². The van der Waals surface area contributed by atoms with Gasteiger partial charge in [0.2, 0.25) is 40.1 Å². The quantitative estimate of drug-likeness (QED) is 0.0382. The minimum atomic E-state index is -4.64. The average molecular weight is 1760 g/mol. The van der Waals surface area contributed by atoms with Crippen LogP contribution in [0.5, 0.6) is 46.0 Å². The summed E-state index contributed by atoms with van der Waals surface area (Å²) in [6.07, 6.45) is 4.01. The second kappa shape index (κ2) is 40.8. The van der Waals surface area contributed by atoms with Gasteiger partial charge in [-0.1, -0.05) is 223 Å². The summed E-state index contributed by atoms with van der Waals surface area (Å²) in [5.41, 5.74) is 6.71. The lowest BCUT2D eigenvalue weighted by molar-refractivity contribution is 0.253. The number of ether oxygens (including phenoxy) is 8. The minimum absolute atomic E-state index is 0.00129. The van der Waals surface area contributed by atoms with Crippen LogP contribution in [0, 0.1) is 27.7 Å². The molecule has 2 heterocycles. The number of rotatable bonds is 32. The normalized spacial score (nSPS) is 14.0. The van der Waals surface area contributed by atoms with E-state index in [1.807, 2.05) is 180 Å². The van der Waals surface area contributed by atoms with E-state index in [1.54, 1.807) is 97.1 Å². The monoisotopic (exact) mass is 1760 g/mol. The molecule has 20 nitrogen and oxygen atoms in total. The molecule has 0 aliphatic carbocycles. The van der Waals surface area contributed by atoms with Crippen molar-refractivity contribution in [2.24, 2.45) is 0 Å².